The van der Waals surface area contributed by atoms with Crippen molar-refractivity contribution in [2.75, 3.05) is 5.32 Å². The number of anilines is 1. The van der Waals surface area contributed by atoms with Crippen LogP contribution in [0.3, 0.4) is 0 Å². The van der Waals surface area contributed by atoms with Gasteiger partial charge in [0.25, 0.3) is 0 Å². The molecule has 2 rings (SSSR count). The first-order valence-electron chi connectivity index (χ1n) is 6.49. The number of benzene rings is 1. The molecule has 0 atom stereocenters. The quantitative estimate of drug-likeness (QED) is 0.800. The molecular weight excluding hydrogens is 327 g/mol. The van der Waals surface area contributed by atoms with Gasteiger partial charge in [0.2, 0.25) is 0 Å². The standard InChI is InChI=1S/C14H18BrFN2S/c1-14(7-3-2-4-8-14)18-10-6-5-9(13(17)19)11(15)12(10)16/h5-6,18H,2-4,7-8H2,1H3,(H2,17,19). The Labute approximate surface area is 127 Å². The molecule has 0 spiro atoms. The molecule has 0 unspecified atom stereocenters. The highest BCUT2D eigenvalue weighted by atomic mass is 79.9. The third-order valence-electron chi connectivity index (χ3n) is 3.74. The molecule has 0 saturated heterocycles. The topological polar surface area (TPSA) is 38.0 Å². The lowest BCUT2D eigenvalue weighted by atomic mass is 9.83. The van der Waals surface area contributed by atoms with Gasteiger partial charge >= 0.3 is 0 Å². The van der Waals surface area contributed by atoms with E-state index in [2.05, 4.69) is 28.2 Å². The zero-order valence-electron chi connectivity index (χ0n) is 10.9. The van der Waals surface area contributed by atoms with E-state index >= 15 is 0 Å². The number of halogens is 2. The van der Waals surface area contributed by atoms with Gasteiger partial charge in [0.05, 0.1) is 10.2 Å². The minimum Gasteiger partial charge on any atom is -0.389 e. The summed E-state index contributed by atoms with van der Waals surface area (Å²) in [7, 11) is 0. The number of rotatable bonds is 3. The second-order valence-corrected chi connectivity index (χ2v) is 6.63. The lowest BCUT2D eigenvalue weighted by Gasteiger charge is -2.35. The van der Waals surface area contributed by atoms with Gasteiger partial charge in [0, 0.05) is 11.1 Å². The van der Waals surface area contributed by atoms with E-state index in [9.17, 15) is 4.39 Å². The van der Waals surface area contributed by atoms with Crippen molar-refractivity contribution in [3.63, 3.8) is 0 Å². The van der Waals surface area contributed by atoms with Crippen molar-refractivity contribution < 1.29 is 4.39 Å². The van der Waals surface area contributed by atoms with Gasteiger partial charge in [-0.15, -0.1) is 0 Å². The van der Waals surface area contributed by atoms with Gasteiger partial charge in [-0.1, -0.05) is 31.5 Å². The Bertz CT molecular complexity index is 498. The van der Waals surface area contributed by atoms with E-state index < -0.39 is 0 Å². The summed E-state index contributed by atoms with van der Waals surface area (Å²) in [5.74, 6) is -0.322. The Morgan fingerprint density at radius 1 is 1.37 bits per heavy atom. The van der Waals surface area contributed by atoms with Crippen molar-refractivity contribution >= 4 is 38.8 Å². The van der Waals surface area contributed by atoms with Crippen LogP contribution < -0.4 is 11.1 Å². The van der Waals surface area contributed by atoms with Gasteiger partial charge in [-0.3, -0.25) is 0 Å². The molecular formula is C14H18BrFN2S. The zero-order valence-corrected chi connectivity index (χ0v) is 13.3. The van der Waals surface area contributed by atoms with E-state index in [1.807, 2.05) is 0 Å². The number of nitrogens with two attached hydrogens (primary N) is 1. The molecule has 0 aliphatic heterocycles. The third kappa shape index (κ3) is 3.26. The van der Waals surface area contributed by atoms with Gasteiger partial charge in [0.15, 0.2) is 5.82 Å². The summed E-state index contributed by atoms with van der Waals surface area (Å²) in [6, 6.07) is 3.47. The van der Waals surface area contributed by atoms with E-state index in [1.54, 1.807) is 12.1 Å². The molecule has 5 heteroatoms. The Morgan fingerprint density at radius 2 is 2.00 bits per heavy atom. The molecule has 0 bridgehead atoms. The van der Waals surface area contributed by atoms with Crippen LogP contribution in [0.5, 0.6) is 0 Å². The average Bonchev–Trinajstić information content (AvgIpc) is 2.35. The smallest absolute Gasteiger partial charge is 0.161 e. The first-order valence-corrected chi connectivity index (χ1v) is 7.69. The number of nitrogens with one attached hydrogen (secondary N) is 1. The summed E-state index contributed by atoms with van der Waals surface area (Å²) < 4.78 is 14.7. The molecule has 0 radical (unpaired) electrons. The minimum atomic E-state index is -0.322. The summed E-state index contributed by atoms with van der Waals surface area (Å²) in [5.41, 5.74) is 6.58. The van der Waals surface area contributed by atoms with Crippen molar-refractivity contribution in [1.29, 1.82) is 0 Å². The molecule has 0 aromatic heterocycles. The fourth-order valence-electron chi connectivity index (χ4n) is 2.62. The van der Waals surface area contributed by atoms with Crippen LogP contribution in [0.2, 0.25) is 0 Å². The molecule has 0 amide bonds. The lowest BCUT2D eigenvalue weighted by Crippen LogP contribution is -2.37. The van der Waals surface area contributed by atoms with Crippen molar-refractivity contribution in [2.45, 2.75) is 44.6 Å². The number of thiocarbonyl (C=S) groups is 1. The maximum Gasteiger partial charge on any atom is 0.161 e. The molecule has 2 nitrogen and oxygen atoms in total. The predicted octanol–water partition coefficient (Wildman–Crippen LogP) is 4.36. The SMILES string of the molecule is CC1(Nc2ccc(C(N)=S)c(Br)c2F)CCCCC1. The first kappa shape index (κ1) is 14.7. The van der Waals surface area contributed by atoms with Crippen LogP contribution in [0.15, 0.2) is 16.6 Å². The highest BCUT2D eigenvalue weighted by Crippen LogP contribution is 2.34. The second-order valence-electron chi connectivity index (χ2n) is 5.40. The number of hydrogen-bond donors (Lipinski definition) is 2. The second kappa shape index (κ2) is 5.75. The Hall–Kier alpha value is -0.680. The van der Waals surface area contributed by atoms with Crippen LogP contribution >= 0.6 is 28.1 Å². The maximum atomic E-state index is 14.3. The third-order valence-corrected chi connectivity index (χ3v) is 4.74. The fraction of sp³-hybridized carbons (Fsp3) is 0.500. The van der Waals surface area contributed by atoms with E-state index in [4.69, 9.17) is 18.0 Å². The van der Waals surface area contributed by atoms with Gasteiger partial charge in [-0.25, -0.2) is 4.39 Å². The normalized spacial score (nSPS) is 18.1. The Balaban J connectivity index is 2.26. The monoisotopic (exact) mass is 344 g/mol. The molecule has 1 aromatic carbocycles. The average molecular weight is 345 g/mol. The Kier molecular flexibility index (Phi) is 4.46. The van der Waals surface area contributed by atoms with E-state index in [1.165, 1.54) is 19.3 Å². The molecule has 19 heavy (non-hydrogen) atoms. The largest absolute Gasteiger partial charge is 0.389 e. The molecule has 1 fully saturated rings. The minimum absolute atomic E-state index is 0.0245. The maximum absolute atomic E-state index is 14.3. The van der Waals surface area contributed by atoms with Crippen LogP contribution in [0.4, 0.5) is 10.1 Å². The molecule has 1 saturated carbocycles. The molecule has 3 N–H and O–H groups in total. The van der Waals surface area contributed by atoms with Crippen molar-refractivity contribution in [1.82, 2.24) is 0 Å². The highest BCUT2D eigenvalue weighted by Gasteiger charge is 2.27. The van der Waals surface area contributed by atoms with Gasteiger partial charge in [-0.05, 0) is 47.8 Å². The predicted molar refractivity (Wildman–Crippen MR) is 85.1 cm³/mol. The van der Waals surface area contributed by atoms with Crippen LogP contribution in [-0.4, -0.2) is 10.5 Å². The summed E-state index contributed by atoms with van der Waals surface area (Å²) in [6.07, 6.45) is 5.79. The summed E-state index contributed by atoms with van der Waals surface area (Å²) >= 11 is 8.13. The van der Waals surface area contributed by atoms with E-state index in [0.29, 0.717) is 15.7 Å². The van der Waals surface area contributed by atoms with Crippen molar-refractivity contribution in [3.8, 4) is 0 Å². The lowest BCUT2D eigenvalue weighted by molar-refractivity contribution is 0.348. The summed E-state index contributed by atoms with van der Waals surface area (Å²) in [4.78, 5) is 0.196. The molecule has 1 aliphatic rings. The Morgan fingerprint density at radius 3 is 2.58 bits per heavy atom. The molecule has 104 valence electrons. The van der Waals surface area contributed by atoms with Gasteiger partial charge in [0.1, 0.15) is 4.99 Å². The zero-order chi connectivity index (χ0) is 14.0. The highest BCUT2D eigenvalue weighted by molar-refractivity contribution is 9.10. The van der Waals surface area contributed by atoms with Crippen molar-refractivity contribution in [3.05, 3.63) is 28.0 Å². The molecule has 1 aliphatic carbocycles. The summed E-state index contributed by atoms with van der Waals surface area (Å²) in [6.45, 7) is 2.15. The van der Waals surface area contributed by atoms with Crippen LogP contribution in [0, 0.1) is 5.82 Å². The van der Waals surface area contributed by atoms with E-state index in [0.717, 1.165) is 12.8 Å². The van der Waals surface area contributed by atoms with E-state index in [-0.39, 0.29) is 16.3 Å². The van der Waals surface area contributed by atoms with Crippen LogP contribution in [0.25, 0.3) is 0 Å². The van der Waals surface area contributed by atoms with Crippen LogP contribution in [0.1, 0.15) is 44.6 Å². The van der Waals surface area contributed by atoms with Crippen molar-refractivity contribution in [2.24, 2.45) is 5.73 Å². The van der Waals surface area contributed by atoms with Gasteiger partial charge in [-0.2, -0.15) is 0 Å². The van der Waals surface area contributed by atoms with Gasteiger partial charge < -0.3 is 11.1 Å². The van der Waals surface area contributed by atoms with Crippen LogP contribution in [-0.2, 0) is 0 Å². The molecule has 0 heterocycles. The molecule has 1 aromatic rings. The fourth-order valence-corrected chi connectivity index (χ4v) is 3.48. The summed E-state index contributed by atoms with van der Waals surface area (Å²) in [5, 5.41) is 3.34. The number of hydrogen-bond acceptors (Lipinski definition) is 2. The first-order chi connectivity index (χ1) is 8.93.